The quantitative estimate of drug-likeness (QED) is 0.174. The largest absolute Gasteiger partial charge is 0.456 e. The highest BCUT2D eigenvalue weighted by atomic mass is 32.1. The lowest BCUT2D eigenvalue weighted by atomic mass is 10.0. The number of para-hydroxylation sites is 1. The molecular formula is C49H27N5OS2. The third kappa shape index (κ3) is 5.19. The molecule has 0 saturated heterocycles. The topological polar surface area (TPSA) is 77.6 Å². The summed E-state index contributed by atoms with van der Waals surface area (Å²) in [5.41, 5.74) is 8.36. The molecule has 6 nitrogen and oxygen atoms in total. The van der Waals surface area contributed by atoms with E-state index in [0.717, 1.165) is 91.2 Å². The second-order valence-corrected chi connectivity index (χ2v) is 16.1. The average molecular weight is 766 g/mol. The summed E-state index contributed by atoms with van der Waals surface area (Å²) in [7, 11) is 0. The third-order valence-corrected chi connectivity index (χ3v) is 12.9. The average Bonchev–Trinajstić information content (AvgIpc) is 3.98. The van der Waals surface area contributed by atoms with Crippen LogP contribution in [0.2, 0.25) is 0 Å². The van der Waals surface area contributed by atoms with E-state index in [2.05, 4.69) is 84.9 Å². The molecule has 0 amide bonds. The van der Waals surface area contributed by atoms with Gasteiger partial charge in [0.15, 0.2) is 23.3 Å². The van der Waals surface area contributed by atoms with Crippen LogP contribution in [0.15, 0.2) is 168 Å². The maximum absolute atomic E-state index is 6.31. The van der Waals surface area contributed by atoms with Gasteiger partial charge in [-0.2, -0.15) is 0 Å². The van der Waals surface area contributed by atoms with E-state index in [4.69, 9.17) is 29.3 Å². The maximum atomic E-state index is 6.31. The molecule has 0 bridgehead atoms. The van der Waals surface area contributed by atoms with Crippen molar-refractivity contribution >= 4 is 85.1 Å². The van der Waals surface area contributed by atoms with Crippen LogP contribution >= 0.6 is 22.7 Å². The molecule has 57 heavy (non-hydrogen) atoms. The minimum absolute atomic E-state index is 0.635. The van der Waals surface area contributed by atoms with Crippen molar-refractivity contribution in [2.75, 3.05) is 0 Å². The highest BCUT2D eigenvalue weighted by molar-refractivity contribution is 7.27. The van der Waals surface area contributed by atoms with Crippen LogP contribution in [0.4, 0.5) is 0 Å². The van der Waals surface area contributed by atoms with Crippen LogP contribution in [0.25, 0.3) is 119 Å². The number of fused-ring (bicyclic) bond motifs is 9. The Balaban J connectivity index is 1.09. The smallest absolute Gasteiger partial charge is 0.164 e. The Bertz CT molecular complexity index is 3480. The van der Waals surface area contributed by atoms with Gasteiger partial charge in [-0.15, -0.1) is 22.7 Å². The van der Waals surface area contributed by atoms with Gasteiger partial charge < -0.3 is 4.42 Å². The van der Waals surface area contributed by atoms with Crippen LogP contribution in [-0.2, 0) is 0 Å². The number of rotatable bonds is 5. The molecule has 0 aliphatic carbocycles. The first-order valence-electron chi connectivity index (χ1n) is 18.7. The summed E-state index contributed by atoms with van der Waals surface area (Å²) in [4.78, 5) is 25.9. The number of nitrogens with zero attached hydrogens (tertiary/aromatic N) is 5. The Morgan fingerprint density at radius 1 is 0.368 bits per heavy atom. The van der Waals surface area contributed by atoms with E-state index in [1.165, 1.54) is 4.70 Å². The summed E-state index contributed by atoms with van der Waals surface area (Å²) in [6, 6.07) is 56.1. The summed E-state index contributed by atoms with van der Waals surface area (Å²) in [5.74, 6) is 2.57. The zero-order valence-corrected chi connectivity index (χ0v) is 31.7. The first kappa shape index (κ1) is 32.1. The van der Waals surface area contributed by atoms with E-state index >= 15 is 0 Å². The molecule has 12 rings (SSSR count). The zero-order valence-electron chi connectivity index (χ0n) is 30.0. The molecular weight excluding hydrogens is 739 g/mol. The fourth-order valence-electron chi connectivity index (χ4n) is 7.92. The molecule has 0 radical (unpaired) electrons. The van der Waals surface area contributed by atoms with Crippen molar-refractivity contribution in [1.29, 1.82) is 0 Å². The second kappa shape index (κ2) is 12.7. The van der Waals surface area contributed by atoms with Crippen LogP contribution in [-0.4, -0.2) is 24.9 Å². The molecule has 12 aromatic rings. The molecule has 0 saturated carbocycles. The van der Waals surface area contributed by atoms with Crippen LogP contribution in [0.3, 0.4) is 0 Å². The van der Waals surface area contributed by atoms with Gasteiger partial charge in [-0.3, -0.25) is 0 Å². The lowest BCUT2D eigenvalue weighted by Crippen LogP contribution is -2.00. The Hall–Kier alpha value is -7.13. The van der Waals surface area contributed by atoms with Gasteiger partial charge in [0.2, 0.25) is 0 Å². The summed E-state index contributed by atoms with van der Waals surface area (Å²) in [6.07, 6.45) is 0. The van der Waals surface area contributed by atoms with E-state index in [9.17, 15) is 0 Å². The third-order valence-electron chi connectivity index (χ3n) is 10.6. The predicted octanol–water partition coefficient (Wildman–Crippen LogP) is 13.6. The van der Waals surface area contributed by atoms with Crippen molar-refractivity contribution in [2.24, 2.45) is 0 Å². The van der Waals surface area contributed by atoms with Crippen LogP contribution in [0.1, 0.15) is 0 Å². The lowest BCUT2D eigenvalue weighted by molar-refractivity contribution is 0.669. The zero-order chi connectivity index (χ0) is 37.5. The van der Waals surface area contributed by atoms with Crippen LogP contribution in [0, 0.1) is 0 Å². The summed E-state index contributed by atoms with van der Waals surface area (Å²) in [5, 5.41) is 5.54. The minimum Gasteiger partial charge on any atom is -0.456 e. The molecule has 5 aromatic heterocycles. The van der Waals surface area contributed by atoms with Gasteiger partial charge in [0.05, 0.1) is 15.9 Å². The van der Waals surface area contributed by atoms with Crippen molar-refractivity contribution in [3.8, 4) is 56.8 Å². The molecule has 0 unspecified atom stereocenters. The van der Waals surface area contributed by atoms with Gasteiger partial charge in [0.25, 0.3) is 0 Å². The molecule has 0 N–H and O–H groups in total. The number of thiophene rings is 2. The Labute approximate surface area is 333 Å². The van der Waals surface area contributed by atoms with E-state index in [-0.39, 0.29) is 0 Å². The van der Waals surface area contributed by atoms with Crippen molar-refractivity contribution < 1.29 is 4.42 Å². The monoisotopic (exact) mass is 765 g/mol. The van der Waals surface area contributed by atoms with Crippen molar-refractivity contribution in [1.82, 2.24) is 24.9 Å². The van der Waals surface area contributed by atoms with E-state index in [0.29, 0.717) is 23.3 Å². The molecule has 0 spiro atoms. The van der Waals surface area contributed by atoms with Crippen LogP contribution < -0.4 is 0 Å². The van der Waals surface area contributed by atoms with Gasteiger partial charge in [0.1, 0.15) is 11.2 Å². The predicted molar refractivity (Wildman–Crippen MR) is 236 cm³/mol. The minimum atomic E-state index is 0.635. The molecule has 5 heterocycles. The Morgan fingerprint density at radius 2 is 0.965 bits per heavy atom. The van der Waals surface area contributed by atoms with Crippen molar-refractivity contribution in [3.63, 3.8) is 0 Å². The number of hydrogen-bond acceptors (Lipinski definition) is 8. The van der Waals surface area contributed by atoms with Gasteiger partial charge >= 0.3 is 0 Å². The highest BCUT2D eigenvalue weighted by Crippen LogP contribution is 2.47. The van der Waals surface area contributed by atoms with Gasteiger partial charge in [-0.05, 0) is 30.3 Å². The second-order valence-electron chi connectivity index (χ2n) is 14.0. The number of hydrogen-bond donors (Lipinski definition) is 0. The Kier molecular flexibility index (Phi) is 7.17. The maximum Gasteiger partial charge on any atom is 0.164 e. The van der Waals surface area contributed by atoms with Gasteiger partial charge in [-0.25, -0.2) is 24.9 Å². The number of benzene rings is 7. The number of aromatic nitrogens is 5. The SMILES string of the molecule is c1ccc(-c2nc(-c3ccccc3)nc(-c3cccc4sc5c(-c6nc(-c7ccc8c(c7)oc7ccccc78)nc7c6sc6ccccc67)cccc5c34)n2)cc1. The fraction of sp³-hybridized carbons (Fsp3) is 0. The van der Waals surface area contributed by atoms with E-state index in [1.807, 2.05) is 78.9 Å². The summed E-state index contributed by atoms with van der Waals surface area (Å²) in [6.45, 7) is 0. The molecule has 7 aromatic carbocycles. The first-order valence-corrected chi connectivity index (χ1v) is 20.3. The van der Waals surface area contributed by atoms with Gasteiger partial charge in [-0.1, -0.05) is 133 Å². The molecule has 266 valence electrons. The molecule has 0 atom stereocenters. The van der Waals surface area contributed by atoms with E-state index < -0.39 is 0 Å². The molecule has 8 heteroatoms. The molecule has 0 aliphatic rings. The summed E-state index contributed by atoms with van der Waals surface area (Å²) >= 11 is 3.51. The van der Waals surface area contributed by atoms with Crippen molar-refractivity contribution in [3.05, 3.63) is 164 Å². The van der Waals surface area contributed by atoms with Crippen LogP contribution in [0.5, 0.6) is 0 Å². The number of furan rings is 1. The van der Waals surface area contributed by atoms with Gasteiger partial charge in [0, 0.05) is 68.8 Å². The highest BCUT2D eigenvalue weighted by Gasteiger charge is 2.22. The lowest BCUT2D eigenvalue weighted by Gasteiger charge is -2.10. The normalized spacial score (nSPS) is 11.9. The molecule has 0 fully saturated rings. The fourth-order valence-corrected chi connectivity index (χ4v) is 10.3. The molecule has 0 aliphatic heterocycles. The standard InChI is InChI=1S/C49H27N5OS2/c1-3-13-28(14-4-1)46-52-47(29-15-5-2-6-16-29)54-49(53-46)35-20-12-24-40-41(35)34-19-11-21-36(44(34)57-40)43-45-42(33-18-8-10-23-39(33)56-45)50-48(51-43)30-25-26-32-31-17-7-9-22-37(31)55-38(32)27-30/h1-27H. The van der Waals surface area contributed by atoms with Crippen molar-refractivity contribution in [2.45, 2.75) is 0 Å². The first-order chi connectivity index (χ1) is 28.2. The van der Waals surface area contributed by atoms with E-state index in [1.54, 1.807) is 22.7 Å². The Morgan fingerprint density at radius 3 is 1.77 bits per heavy atom. The summed E-state index contributed by atoms with van der Waals surface area (Å²) < 4.78 is 10.8.